The van der Waals surface area contributed by atoms with Crippen LogP contribution in [0.4, 0.5) is 0 Å². The van der Waals surface area contributed by atoms with E-state index < -0.39 is 0 Å². The van der Waals surface area contributed by atoms with Crippen LogP contribution in [-0.2, 0) is 0 Å². The molecular formula is C14H27NS. The third kappa shape index (κ3) is 2.76. The second-order valence-electron chi connectivity index (χ2n) is 5.89. The normalized spacial score (nSPS) is 30.8. The first-order valence-corrected chi connectivity index (χ1v) is 7.78. The van der Waals surface area contributed by atoms with Gasteiger partial charge in [0.15, 0.2) is 0 Å². The van der Waals surface area contributed by atoms with E-state index >= 15 is 0 Å². The van der Waals surface area contributed by atoms with Crippen molar-refractivity contribution in [2.24, 2.45) is 5.41 Å². The molecule has 1 heterocycles. The first-order valence-electron chi connectivity index (χ1n) is 7.14. The SMILES string of the molecule is CCC1CCCCN1CC1(CS)CCCC1. The third-order valence-electron chi connectivity index (χ3n) is 4.76. The Balaban J connectivity index is 1.95. The van der Waals surface area contributed by atoms with E-state index in [1.54, 1.807) is 0 Å². The lowest BCUT2D eigenvalue weighted by atomic mass is 9.86. The monoisotopic (exact) mass is 241 g/mol. The number of hydrogen-bond donors (Lipinski definition) is 1. The zero-order chi connectivity index (χ0) is 11.4. The van der Waals surface area contributed by atoms with Crippen molar-refractivity contribution < 1.29 is 0 Å². The molecule has 1 aliphatic carbocycles. The number of thiol groups is 1. The molecule has 1 saturated heterocycles. The molecule has 0 aromatic rings. The zero-order valence-electron chi connectivity index (χ0n) is 10.7. The third-order valence-corrected chi connectivity index (χ3v) is 5.43. The van der Waals surface area contributed by atoms with E-state index in [0.29, 0.717) is 5.41 Å². The lowest BCUT2D eigenvalue weighted by molar-refractivity contribution is 0.0904. The second-order valence-corrected chi connectivity index (χ2v) is 6.21. The number of nitrogens with zero attached hydrogens (tertiary/aromatic N) is 1. The summed E-state index contributed by atoms with van der Waals surface area (Å²) in [5.41, 5.74) is 0.563. The summed E-state index contributed by atoms with van der Waals surface area (Å²) in [5, 5.41) is 0. The second kappa shape index (κ2) is 5.77. The van der Waals surface area contributed by atoms with Gasteiger partial charge in [-0.05, 0) is 49.8 Å². The van der Waals surface area contributed by atoms with Crippen molar-refractivity contribution in [3.63, 3.8) is 0 Å². The van der Waals surface area contributed by atoms with E-state index in [1.165, 1.54) is 64.5 Å². The Bertz CT molecular complexity index is 211. The van der Waals surface area contributed by atoms with E-state index in [2.05, 4.69) is 24.5 Å². The largest absolute Gasteiger partial charge is 0.300 e. The van der Waals surface area contributed by atoms with Crippen molar-refractivity contribution in [2.45, 2.75) is 64.3 Å². The van der Waals surface area contributed by atoms with Gasteiger partial charge in [0.05, 0.1) is 0 Å². The average molecular weight is 241 g/mol. The minimum absolute atomic E-state index is 0.563. The molecule has 16 heavy (non-hydrogen) atoms. The Labute approximate surface area is 106 Å². The van der Waals surface area contributed by atoms with Crippen molar-refractivity contribution in [1.82, 2.24) is 4.90 Å². The Morgan fingerprint density at radius 1 is 1.19 bits per heavy atom. The van der Waals surface area contributed by atoms with Crippen LogP contribution in [0.5, 0.6) is 0 Å². The fraction of sp³-hybridized carbons (Fsp3) is 1.00. The zero-order valence-corrected chi connectivity index (χ0v) is 11.6. The summed E-state index contributed by atoms with van der Waals surface area (Å²) in [4.78, 5) is 2.78. The molecule has 2 rings (SSSR count). The van der Waals surface area contributed by atoms with Crippen LogP contribution in [-0.4, -0.2) is 29.8 Å². The molecule has 0 bridgehead atoms. The fourth-order valence-corrected chi connectivity index (χ4v) is 4.07. The van der Waals surface area contributed by atoms with Gasteiger partial charge in [0.2, 0.25) is 0 Å². The summed E-state index contributed by atoms with van der Waals surface area (Å²) in [5.74, 6) is 1.10. The standard InChI is InChI=1S/C14H27NS/c1-2-13-7-3-6-10-15(13)11-14(12-16)8-4-5-9-14/h13,16H,2-12H2,1H3. The van der Waals surface area contributed by atoms with Crippen molar-refractivity contribution in [1.29, 1.82) is 0 Å². The molecule has 0 aromatic carbocycles. The van der Waals surface area contributed by atoms with Crippen LogP contribution in [0.2, 0.25) is 0 Å². The maximum absolute atomic E-state index is 4.63. The number of hydrogen-bond acceptors (Lipinski definition) is 2. The highest BCUT2D eigenvalue weighted by Crippen LogP contribution is 2.40. The van der Waals surface area contributed by atoms with E-state index in [-0.39, 0.29) is 0 Å². The minimum atomic E-state index is 0.563. The van der Waals surface area contributed by atoms with Crippen molar-refractivity contribution >= 4 is 12.6 Å². The van der Waals surface area contributed by atoms with Gasteiger partial charge in [-0.2, -0.15) is 12.6 Å². The maximum Gasteiger partial charge on any atom is 0.00928 e. The van der Waals surface area contributed by atoms with Crippen LogP contribution >= 0.6 is 12.6 Å². The maximum atomic E-state index is 4.63. The predicted molar refractivity (Wildman–Crippen MR) is 74.3 cm³/mol. The van der Waals surface area contributed by atoms with Gasteiger partial charge in [-0.1, -0.05) is 26.2 Å². The van der Waals surface area contributed by atoms with Gasteiger partial charge in [-0.3, -0.25) is 4.90 Å². The lowest BCUT2D eigenvalue weighted by Crippen LogP contribution is -2.45. The summed E-state index contributed by atoms with van der Waals surface area (Å²) in [7, 11) is 0. The van der Waals surface area contributed by atoms with Gasteiger partial charge in [-0.25, -0.2) is 0 Å². The van der Waals surface area contributed by atoms with E-state index in [9.17, 15) is 0 Å². The molecule has 1 saturated carbocycles. The van der Waals surface area contributed by atoms with Crippen molar-refractivity contribution in [2.75, 3.05) is 18.8 Å². The van der Waals surface area contributed by atoms with Gasteiger partial charge in [0.25, 0.3) is 0 Å². The highest BCUT2D eigenvalue weighted by atomic mass is 32.1. The van der Waals surface area contributed by atoms with Crippen LogP contribution < -0.4 is 0 Å². The molecule has 2 heteroatoms. The first kappa shape index (κ1) is 12.8. The van der Waals surface area contributed by atoms with Gasteiger partial charge in [0.1, 0.15) is 0 Å². The predicted octanol–water partition coefficient (Wildman–Crippen LogP) is 3.74. The van der Waals surface area contributed by atoms with Crippen molar-refractivity contribution in [3.8, 4) is 0 Å². The summed E-state index contributed by atoms with van der Waals surface area (Å²) in [6.07, 6.45) is 11.3. The van der Waals surface area contributed by atoms with E-state index in [0.717, 1.165) is 11.8 Å². The molecule has 2 aliphatic rings. The van der Waals surface area contributed by atoms with E-state index in [1.807, 2.05) is 0 Å². The smallest absolute Gasteiger partial charge is 0.00928 e. The van der Waals surface area contributed by atoms with E-state index in [4.69, 9.17) is 0 Å². The molecule has 1 nitrogen and oxygen atoms in total. The van der Waals surface area contributed by atoms with Gasteiger partial charge in [-0.15, -0.1) is 0 Å². The summed E-state index contributed by atoms with van der Waals surface area (Å²) >= 11 is 4.63. The van der Waals surface area contributed by atoms with Crippen LogP contribution in [0.3, 0.4) is 0 Å². The van der Waals surface area contributed by atoms with Crippen LogP contribution in [0, 0.1) is 5.41 Å². The quantitative estimate of drug-likeness (QED) is 0.734. The molecule has 1 unspecified atom stereocenters. The molecule has 0 aromatic heterocycles. The minimum Gasteiger partial charge on any atom is -0.300 e. The Kier molecular flexibility index (Phi) is 4.60. The van der Waals surface area contributed by atoms with Crippen LogP contribution in [0.15, 0.2) is 0 Å². The Morgan fingerprint density at radius 3 is 2.56 bits per heavy atom. The highest BCUT2D eigenvalue weighted by molar-refractivity contribution is 7.80. The van der Waals surface area contributed by atoms with Crippen molar-refractivity contribution in [3.05, 3.63) is 0 Å². The summed E-state index contributed by atoms with van der Waals surface area (Å²) in [6, 6.07) is 0.867. The Hall–Kier alpha value is 0.310. The molecule has 94 valence electrons. The van der Waals surface area contributed by atoms with Crippen LogP contribution in [0.1, 0.15) is 58.3 Å². The average Bonchev–Trinajstić information content (AvgIpc) is 2.79. The first-order chi connectivity index (χ1) is 7.79. The van der Waals surface area contributed by atoms with Gasteiger partial charge >= 0.3 is 0 Å². The highest BCUT2D eigenvalue weighted by Gasteiger charge is 2.36. The molecular weight excluding hydrogens is 214 g/mol. The molecule has 0 amide bonds. The Morgan fingerprint density at radius 2 is 1.94 bits per heavy atom. The number of piperidine rings is 1. The molecule has 1 atom stereocenters. The summed E-state index contributed by atoms with van der Waals surface area (Å²) < 4.78 is 0. The molecule has 0 radical (unpaired) electrons. The van der Waals surface area contributed by atoms with Gasteiger partial charge in [0, 0.05) is 12.6 Å². The topological polar surface area (TPSA) is 3.24 Å². The summed E-state index contributed by atoms with van der Waals surface area (Å²) in [6.45, 7) is 5.02. The van der Waals surface area contributed by atoms with Gasteiger partial charge < -0.3 is 0 Å². The van der Waals surface area contributed by atoms with Crippen LogP contribution in [0.25, 0.3) is 0 Å². The molecule has 0 N–H and O–H groups in total. The number of likely N-dealkylation sites (tertiary alicyclic amines) is 1. The molecule has 1 aliphatic heterocycles. The lowest BCUT2D eigenvalue weighted by Gasteiger charge is -2.41. The molecule has 0 spiro atoms. The fourth-order valence-electron chi connectivity index (χ4n) is 3.65. The number of rotatable bonds is 4. The molecule has 2 fully saturated rings.